The van der Waals surface area contributed by atoms with Crippen LogP contribution in [0.5, 0.6) is 0 Å². The molecule has 4 nitrogen and oxygen atoms in total. The van der Waals surface area contributed by atoms with E-state index < -0.39 is 5.97 Å². The summed E-state index contributed by atoms with van der Waals surface area (Å²) in [5.74, 6) is -1.32. The molecule has 0 aliphatic heterocycles. The first-order valence-corrected chi connectivity index (χ1v) is 6.04. The molecule has 102 valence electrons. The number of hydrogen-bond donors (Lipinski definition) is 1. The third-order valence-corrected chi connectivity index (χ3v) is 3.09. The second kappa shape index (κ2) is 6.18. The molecule has 0 aromatic heterocycles. The van der Waals surface area contributed by atoms with E-state index >= 15 is 0 Å². The predicted molar refractivity (Wildman–Crippen MR) is 73.7 cm³/mol. The van der Waals surface area contributed by atoms with Gasteiger partial charge >= 0.3 is 5.97 Å². The van der Waals surface area contributed by atoms with Crippen LogP contribution in [-0.4, -0.2) is 28.9 Å². The van der Waals surface area contributed by atoms with E-state index in [1.165, 1.54) is 18.7 Å². The highest BCUT2D eigenvalue weighted by Gasteiger charge is 2.16. The van der Waals surface area contributed by atoms with Gasteiger partial charge in [-0.3, -0.25) is 4.79 Å². The van der Waals surface area contributed by atoms with E-state index in [1.807, 2.05) is 31.2 Å². The first kappa shape index (κ1) is 15.0. The number of likely N-dealkylation sites (N-methyl/N-ethyl adjacent to an activating group) is 1. The number of aryl methyl sites for hydroxylation is 1. The fourth-order valence-corrected chi connectivity index (χ4v) is 1.65. The Balaban J connectivity index is 2.81. The Bertz CT molecular complexity index is 515. The highest BCUT2D eigenvalue weighted by molar-refractivity contribution is 6.01. The van der Waals surface area contributed by atoms with Crippen molar-refractivity contribution in [1.82, 2.24) is 4.90 Å². The van der Waals surface area contributed by atoms with Gasteiger partial charge in [0.2, 0.25) is 5.91 Å². The lowest BCUT2D eigenvalue weighted by Gasteiger charge is -2.18. The number of carbonyl (C=O) groups excluding carboxylic acids is 1. The van der Waals surface area contributed by atoms with Crippen LogP contribution in [0, 0.1) is 6.92 Å². The van der Waals surface area contributed by atoms with Crippen LogP contribution in [0.3, 0.4) is 0 Å². The minimum atomic E-state index is -1.06. The largest absolute Gasteiger partial charge is 0.478 e. The monoisotopic (exact) mass is 261 g/mol. The molecule has 0 saturated heterocycles. The van der Waals surface area contributed by atoms with Crippen LogP contribution >= 0.6 is 0 Å². The Morgan fingerprint density at radius 1 is 1.11 bits per heavy atom. The van der Waals surface area contributed by atoms with Gasteiger partial charge < -0.3 is 10.0 Å². The number of rotatable bonds is 4. The Kier molecular flexibility index (Phi) is 4.87. The van der Waals surface area contributed by atoms with Crippen molar-refractivity contribution in [1.29, 1.82) is 0 Å². The summed E-state index contributed by atoms with van der Waals surface area (Å²) in [5.41, 5.74) is 2.53. The number of carboxylic acids is 1. The van der Waals surface area contributed by atoms with Gasteiger partial charge in [-0.05, 0) is 26.3 Å². The molecular weight excluding hydrogens is 242 g/mol. The van der Waals surface area contributed by atoms with Crippen LogP contribution in [-0.2, 0) is 16.1 Å². The molecule has 0 saturated carbocycles. The van der Waals surface area contributed by atoms with Crippen molar-refractivity contribution in [2.45, 2.75) is 27.3 Å². The Labute approximate surface area is 113 Å². The molecule has 0 unspecified atom stereocenters. The van der Waals surface area contributed by atoms with E-state index in [0.717, 1.165) is 11.1 Å². The number of aliphatic carboxylic acids is 1. The third kappa shape index (κ3) is 3.95. The van der Waals surface area contributed by atoms with Crippen molar-refractivity contribution in [3.8, 4) is 0 Å². The van der Waals surface area contributed by atoms with Crippen molar-refractivity contribution in [2.24, 2.45) is 0 Å². The smallest absolute Gasteiger partial charge is 0.331 e. The molecule has 1 aromatic carbocycles. The molecule has 0 aliphatic rings. The fraction of sp³-hybridized carbons (Fsp3) is 0.333. The normalized spacial score (nSPS) is 11.8. The summed E-state index contributed by atoms with van der Waals surface area (Å²) in [4.78, 5) is 24.4. The lowest BCUT2D eigenvalue weighted by atomic mass is 10.1. The average Bonchev–Trinajstić information content (AvgIpc) is 2.38. The summed E-state index contributed by atoms with van der Waals surface area (Å²) in [7, 11) is 1.67. The van der Waals surface area contributed by atoms with E-state index in [2.05, 4.69) is 0 Å². The molecule has 0 aliphatic carbocycles. The van der Waals surface area contributed by atoms with E-state index in [1.54, 1.807) is 7.05 Å². The zero-order valence-corrected chi connectivity index (χ0v) is 11.7. The summed E-state index contributed by atoms with van der Waals surface area (Å²) >= 11 is 0. The number of carbonyl (C=O) groups is 2. The van der Waals surface area contributed by atoms with Gasteiger partial charge in [-0.2, -0.15) is 0 Å². The molecule has 0 fully saturated rings. The molecule has 0 atom stereocenters. The van der Waals surface area contributed by atoms with Crippen LogP contribution < -0.4 is 0 Å². The van der Waals surface area contributed by atoms with Gasteiger partial charge in [-0.25, -0.2) is 4.79 Å². The van der Waals surface area contributed by atoms with E-state index in [9.17, 15) is 9.59 Å². The van der Waals surface area contributed by atoms with Crippen molar-refractivity contribution >= 4 is 11.9 Å². The van der Waals surface area contributed by atoms with Crippen molar-refractivity contribution in [3.63, 3.8) is 0 Å². The first-order valence-electron chi connectivity index (χ1n) is 6.04. The maximum absolute atomic E-state index is 12.1. The number of carboxylic acid groups (broad SMARTS) is 1. The lowest BCUT2D eigenvalue weighted by Crippen LogP contribution is -2.28. The average molecular weight is 261 g/mol. The molecule has 0 heterocycles. The van der Waals surface area contributed by atoms with Crippen LogP contribution in [0.25, 0.3) is 0 Å². The second-order valence-corrected chi connectivity index (χ2v) is 4.70. The standard InChI is InChI=1S/C15H19NO3/c1-10-5-7-13(8-6-10)9-16(4)14(17)11(2)12(3)15(18)19/h5-8H,9H2,1-4H3,(H,18,19). The zero-order chi connectivity index (χ0) is 14.6. The van der Waals surface area contributed by atoms with Gasteiger partial charge in [0, 0.05) is 24.7 Å². The van der Waals surface area contributed by atoms with Gasteiger partial charge in [-0.15, -0.1) is 0 Å². The maximum Gasteiger partial charge on any atom is 0.331 e. The summed E-state index contributed by atoms with van der Waals surface area (Å²) < 4.78 is 0. The van der Waals surface area contributed by atoms with E-state index in [4.69, 9.17) is 5.11 Å². The molecule has 4 heteroatoms. The van der Waals surface area contributed by atoms with Crippen LogP contribution in [0.2, 0.25) is 0 Å². The molecule has 19 heavy (non-hydrogen) atoms. The maximum atomic E-state index is 12.1. The quantitative estimate of drug-likeness (QED) is 0.846. The topological polar surface area (TPSA) is 57.6 Å². The van der Waals surface area contributed by atoms with Crippen LogP contribution in [0.15, 0.2) is 35.4 Å². The number of amides is 1. The Morgan fingerprint density at radius 3 is 2.11 bits per heavy atom. The van der Waals surface area contributed by atoms with E-state index in [0.29, 0.717) is 6.54 Å². The van der Waals surface area contributed by atoms with Crippen molar-refractivity contribution in [2.75, 3.05) is 7.05 Å². The SMILES string of the molecule is CC(C(=O)O)=C(C)C(=O)N(C)Cc1ccc(C)cc1. The first-order chi connectivity index (χ1) is 8.82. The minimum Gasteiger partial charge on any atom is -0.478 e. The minimum absolute atomic E-state index is 0.0840. The van der Waals surface area contributed by atoms with Gasteiger partial charge in [0.05, 0.1) is 0 Å². The molecule has 1 aromatic rings. The molecule has 0 bridgehead atoms. The van der Waals surface area contributed by atoms with Crippen molar-refractivity contribution < 1.29 is 14.7 Å². The number of nitrogens with zero attached hydrogens (tertiary/aromatic N) is 1. The Morgan fingerprint density at radius 2 is 1.63 bits per heavy atom. The molecule has 1 amide bonds. The fourth-order valence-electron chi connectivity index (χ4n) is 1.65. The van der Waals surface area contributed by atoms with Gasteiger partial charge in [0.15, 0.2) is 0 Å². The highest BCUT2D eigenvalue weighted by atomic mass is 16.4. The summed E-state index contributed by atoms with van der Waals surface area (Å²) in [6.45, 7) is 5.44. The predicted octanol–water partition coefficient (Wildman–Crippen LogP) is 2.37. The van der Waals surface area contributed by atoms with Gasteiger partial charge in [-0.1, -0.05) is 29.8 Å². The molecule has 1 rings (SSSR count). The summed E-state index contributed by atoms with van der Waals surface area (Å²) in [6.07, 6.45) is 0. The lowest BCUT2D eigenvalue weighted by molar-refractivity contribution is -0.133. The van der Waals surface area contributed by atoms with Crippen LogP contribution in [0.4, 0.5) is 0 Å². The van der Waals surface area contributed by atoms with E-state index in [-0.39, 0.29) is 17.1 Å². The zero-order valence-electron chi connectivity index (χ0n) is 11.7. The molecular formula is C15H19NO3. The number of hydrogen-bond acceptors (Lipinski definition) is 2. The summed E-state index contributed by atoms with van der Waals surface area (Å²) in [6, 6.07) is 7.89. The molecule has 0 radical (unpaired) electrons. The summed E-state index contributed by atoms with van der Waals surface area (Å²) in [5, 5.41) is 8.87. The Hall–Kier alpha value is -2.10. The van der Waals surface area contributed by atoms with Gasteiger partial charge in [0.25, 0.3) is 0 Å². The van der Waals surface area contributed by atoms with Gasteiger partial charge in [0.1, 0.15) is 0 Å². The van der Waals surface area contributed by atoms with Crippen molar-refractivity contribution in [3.05, 3.63) is 46.5 Å². The molecule has 1 N–H and O–H groups in total. The molecule has 0 spiro atoms. The highest BCUT2D eigenvalue weighted by Crippen LogP contribution is 2.11. The van der Waals surface area contributed by atoms with Crippen LogP contribution in [0.1, 0.15) is 25.0 Å². The number of benzene rings is 1. The second-order valence-electron chi connectivity index (χ2n) is 4.70. The third-order valence-electron chi connectivity index (χ3n) is 3.09.